The van der Waals surface area contributed by atoms with Gasteiger partial charge in [0.15, 0.2) is 0 Å². The van der Waals surface area contributed by atoms with Crippen molar-refractivity contribution >= 4 is 60.3 Å². The number of amides is 1. The summed E-state index contributed by atoms with van der Waals surface area (Å²) in [5.74, 6) is -0.470. The van der Waals surface area contributed by atoms with Gasteiger partial charge in [0, 0.05) is 4.47 Å². The Morgan fingerprint density at radius 1 is 0.968 bits per heavy atom. The molecule has 0 aliphatic rings. The van der Waals surface area contributed by atoms with Crippen LogP contribution in [0.1, 0.15) is 5.56 Å². The lowest BCUT2D eigenvalue weighted by molar-refractivity contribution is -0.117. The molecule has 0 unspecified atom stereocenters. The van der Waals surface area contributed by atoms with Gasteiger partial charge in [-0.1, -0.05) is 48.5 Å². The third-order valence-corrected chi connectivity index (χ3v) is 7.30. The van der Waals surface area contributed by atoms with Crippen molar-refractivity contribution in [3.8, 4) is 0 Å². The average Bonchev–Trinajstić information content (AvgIpc) is 3.24. The number of halogens is 1. The maximum Gasteiger partial charge on any atom is 0.243 e. The van der Waals surface area contributed by atoms with Crippen LogP contribution in [0.4, 0.5) is 5.69 Å². The van der Waals surface area contributed by atoms with Gasteiger partial charge in [0.1, 0.15) is 22.0 Å². The summed E-state index contributed by atoms with van der Waals surface area (Å²) in [4.78, 5) is 13.1. The normalized spacial score (nSPS) is 12.5. The van der Waals surface area contributed by atoms with Crippen molar-refractivity contribution < 1.29 is 13.2 Å². The van der Waals surface area contributed by atoms with Gasteiger partial charge < -0.3 is 5.32 Å². The molecule has 0 saturated heterocycles. The molecule has 4 rings (SSSR count). The quantitative estimate of drug-likeness (QED) is 0.386. The van der Waals surface area contributed by atoms with Crippen molar-refractivity contribution in [3.63, 3.8) is 0 Å². The van der Waals surface area contributed by atoms with Crippen molar-refractivity contribution in [1.82, 2.24) is 13.5 Å². The number of sulfonamides is 1. The molecular formula is C21H17BrN4O3S2. The molecular weight excluding hydrogens is 500 g/mol. The van der Waals surface area contributed by atoms with E-state index in [9.17, 15) is 13.2 Å². The molecule has 0 aliphatic carbocycles. The fraction of sp³-hybridized carbons (Fsp3) is 0.0952. The Hall–Kier alpha value is -2.66. The van der Waals surface area contributed by atoms with E-state index in [1.165, 1.54) is 6.07 Å². The van der Waals surface area contributed by atoms with Crippen LogP contribution in [-0.4, -0.2) is 29.1 Å². The summed E-state index contributed by atoms with van der Waals surface area (Å²) in [5, 5.41) is 2.80. The molecule has 0 aliphatic heterocycles. The fourth-order valence-electron chi connectivity index (χ4n) is 3.07. The SMILES string of the molecule is O=C(Nc1ccccc1Br)[C@@H](Cc1ccccc1)NS(=O)(=O)c1cccc2nsnc12. The molecule has 31 heavy (non-hydrogen) atoms. The molecule has 1 heterocycles. The van der Waals surface area contributed by atoms with Crippen LogP contribution in [-0.2, 0) is 21.2 Å². The maximum atomic E-state index is 13.2. The Morgan fingerprint density at radius 2 is 1.71 bits per heavy atom. The molecule has 0 saturated carbocycles. The molecule has 2 N–H and O–H groups in total. The summed E-state index contributed by atoms with van der Waals surface area (Å²) < 4.78 is 37.9. The van der Waals surface area contributed by atoms with Gasteiger partial charge in [-0.15, -0.1) is 0 Å². The summed E-state index contributed by atoms with van der Waals surface area (Å²) in [6.07, 6.45) is 0.182. The van der Waals surface area contributed by atoms with Crippen LogP contribution in [0.5, 0.6) is 0 Å². The third-order valence-electron chi connectivity index (χ3n) is 4.57. The van der Waals surface area contributed by atoms with Crippen LogP contribution in [0.3, 0.4) is 0 Å². The fourth-order valence-corrected chi connectivity index (χ4v) is 5.41. The van der Waals surface area contributed by atoms with Gasteiger partial charge in [-0.05, 0) is 52.2 Å². The van der Waals surface area contributed by atoms with Gasteiger partial charge in [-0.2, -0.15) is 13.5 Å². The standard InChI is InChI=1S/C21H17BrN4O3S2/c22-15-9-4-5-10-16(15)23-21(27)18(13-14-7-2-1-3-8-14)26-31(28,29)19-12-6-11-17-20(19)25-30-24-17/h1-12,18,26H,13H2,(H,23,27)/t18-/m1/s1. The number of anilines is 1. The number of para-hydroxylation sites is 1. The summed E-state index contributed by atoms with van der Waals surface area (Å²) in [6, 6.07) is 20.1. The van der Waals surface area contributed by atoms with E-state index in [1.807, 2.05) is 36.4 Å². The van der Waals surface area contributed by atoms with Crippen molar-refractivity contribution in [3.05, 3.63) is 82.8 Å². The first-order chi connectivity index (χ1) is 14.9. The minimum Gasteiger partial charge on any atom is -0.324 e. The smallest absolute Gasteiger partial charge is 0.243 e. The summed E-state index contributed by atoms with van der Waals surface area (Å²) in [5.41, 5.74) is 2.15. The van der Waals surface area contributed by atoms with Crippen LogP contribution in [0.15, 0.2) is 82.2 Å². The van der Waals surface area contributed by atoms with Gasteiger partial charge in [0.2, 0.25) is 15.9 Å². The predicted molar refractivity (Wildman–Crippen MR) is 124 cm³/mol. The van der Waals surface area contributed by atoms with E-state index in [1.54, 1.807) is 30.3 Å². The zero-order valence-electron chi connectivity index (χ0n) is 16.0. The first-order valence-corrected chi connectivity index (χ1v) is 12.3. The highest BCUT2D eigenvalue weighted by Gasteiger charge is 2.28. The number of carbonyl (C=O) groups is 1. The highest BCUT2D eigenvalue weighted by molar-refractivity contribution is 9.10. The summed E-state index contributed by atoms with van der Waals surface area (Å²) in [6.45, 7) is 0. The summed E-state index contributed by atoms with van der Waals surface area (Å²) in [7, 11) is -4.04. The molecule has 1 amide bonds. The number of fused-ring (bicyclic) bond motifs is 1. The Bertz CT molecular complexity index is 1330. The van der Waals surface area contributed by atoms with E-state index in [2.05, 4.69) is 34.7 Å². The van der Waals surface area contributed by atoms with Gasteiger partial charge in [-0.25, -0.2) is 8.42 Å². The van der Waals surface area contributed by atoms with E-state index in [0.717, 1.165) is 17.3 Å². The molecule has 3 aromatic carbocycles. The molecule has 0 radical (unpaired) electrons. The van der Waals surface area contributed by atoms with Crippen molar-refractivity contribution in [2.45, 2.75) is 17.4 Å². The van der Waals surface area contributed by atoms with E-state index in [0.29, 0.717) is 15.7 Å². The van der Waals surface area contributed by atoms with Crippen molar-refractivity contribution in [2.75, 3.05) is 5.32 Å². The predicted octanol–water partition coefficient (Wildman–Crippen LogP) is 3.98. The van der Waals surface area contributed by atoms with Crippen LogP contribution >= 0.6 is 27.7 Å². The molecule has 1 aromatic heterocycles. The maximum absolute atomic E-state index is 13.2. The minimum absolute atomic E-state index is 0.00879. The number of rotatable bonds is 7. The lowest BCUT2D eigenvalue weighted by atomic mass is 10.1. The summed E-state index contributed by atoms with van der Waals surface area (Å²) >= 11 is 4.33. The zero-order valence-corrected chi connectivity index (χ0v) is 19.2. The van der Waals surface area contributed by atoms with Gasteiger partial charge in [-0.3, -0.25) is 4.79 Å². The number of carbonyl (C=O) groups excluding carboxylic acids is 1. The molecule has 10 heteroatoms. The van der Waals surface area contributed by atoms with E-state index in [4.69, 9.17) is 0 Å². The van der Waals surface area contributed by atoms with Gasteiger partial charge in [0.25, 0.3) is 0 Å². The number of benzene rings is 3. The van der Waals surface area contributed by atoms with E-state index < -0.39 is 22.0 Å². The second kappa shape index (κ2) is 9.23. The number of hydrogen-bond acceptors (Lipinski definition) is 6. The first kappa shape index (κ1) is 21.6. The van der Waals surface area contributed by atoms with Crippen LogP contribution in [0.2, 0.25) is 0 Å². The first-order valence-electron chi connectivity index (χ1n) is 9.27. The average molecular weight is 517 g/mol. The van der Waals surface area contributed by atoms with Gasteiger partial charge >= 0.3 is 0 Å². The Morgan fingerprint density at radius 3 is 2.48 bits per heavy atom. The lowest BCUT2D eigenvalue weighted by Gasteiger charge is -2.19. The monoisotopic (exact) mass is 516 g/mol. The number of nitrogens with one attached hydrogen (secondary N) is 2. The van der Waals surface area contributed by atoms with E-state index >= 15 is 0 Å². The second-order valence-corrected chi connectivity index (χ2v) is 9.79. The molecule has 1 atom stereocenters. The molecule has 4 aromatic rings. The largest absolute Gasteiger partial charge is 0.324 e. The van der Waals surface area contributed by atoms with Crippen LogP contribution < -0.4 is 10.0 Å². The highest BCUT2D eigenvalue weighted by Crippen LogP contribution is 2.23. The molecule has 0 spiro atoms. The molecule has 0 fully saturated rings. The topological polar surface area (TPSA) is 101 Å². The number of nitrogens with zero attached hydrogens (tertiary/aromatic N) is 2. The Balaban J connectivity index is 1.66. The second-order valence-electron chi connectivity index (χ2n) is 6.72. The Labute approximate surface area is 192 Å². The molecule has 7 nitrogen and oxygen atoms in total. The van der Waals surface area contributed by atoms with E-state index in [-0.39, 0.29) is 16.8 Å². The molecule has 158 valence electrons. The van der Waals surface area contributed by atoms with Gasteiger partial charge in [0.05, 0.1) is 17.4 Å². The number of hydrogen-bond donors (Lipinski definition) is 2. The molecule has 0 bridgehead atoms. The zero-order chi connectivity index (χ0) is 21.8. The van der Waals surface area contributed by atoms with Crippen LogP contribution in [0.25, 0.3) is 11.0 Å². The van der Waals surface area contributed by atoms with Crippen molar-refractivity contribution in [2.24, 2.45) is 0 Å². The highest BCUT2D eigenvalue weighted by atomic mass is 79.9. The van der Waals surface area contributed by atoms with Crippen LogP contribution in [0, 0.1) is 0 Å². The minimum atomic E-state index is -4.04. The Kier molecular flexibility index (Phi) is 6.42. The van der Waals surface area contributed by atoms with Crippen molar-refractivity contribution in [1.29, 1.82) is 0 Å². The third kappa shape index (κ3) is 4.99. The number of aromatic nitrogens is 2. The lowest BCUT2D eigenvalue weighted by Crippen LogP contribution is -2.45.